The van der Waals surface area contributed by atoms with Gasteiger partial charge in [-0.1, -0.05) is 12.8 Å². The molecule has 2 aromatic heterocycles. The number of hydrogen-bond donors (Lipinski definition) is 3. The van der Waals surface area contributed by atoms with E-state index in [4.69, 9.17) is 5.73 Å². The molecule has 0 spiro atoms. The van der Waals surface area contributed by atoms with Crippen LogP contribution < -0.4 is 11.1 Å². The molecule has 0 radical (unpaired) electrons. The van der Waals surface area contributed by atoms with Crippen molar-refractivity contribution < 1.29 is 0 Å². The van der Waals surface area contributed by atoms with Gasteiger partial charge in [0.05, 0.1) is 23.3 Å². The van der Waals surface area contributed by atoms with Crippen molar-refractivity contribution in [2.45, 2.75) is 31.6 Å². The highest BCUT2D eigenvalue weighted by Gasteiger charge is 2.18. The zero-order valence-electron chi connectivity index (χ0n) is 10.3. The van der Waals surface area contributed by atoms with E-state index in [0.29, 0.717) is 11.6 Å². The second-order valence-electron chi connectivity index (χ2n) is 4.91. The predicted molar refractivity (Wildman–Crippen MR) is 73.9 cm³/mol. The van der Waals surface area contributed by atoms with Gasteiger partial charge in [0.2, 0.25) is 0 Å². The third kappa shape index (κ3) is 2.18. The van der Waals surface area contributed by atoms with Crippen LogP contribution in [0.5, 0.6) is 0 Å². The van der Waals surface area contributed by atoms with Crippen LogP contribution >= 0.6 is 0 Å². The van der Waals surface area contributed by atoms with Crippen molar-refractivity contribution in [3.63, 3.8) is 0 Å². The van der Waals surface area contributed by atoms with Crippen LogP contribution in [0, 0.1) is 0 Å². The molecule has 2 aromatic rings. The SMILES string of the molecule is Nc1cnccc1Nc1c[nH]c(C2CCCC2)c1. The lowest BCUT2D eigenvalue weighted by Gasteiger charge is -2.06. The van der Waals surface area contributed by atoms with Gasteiger partial charge in [-0.15, -0.1) is 0 Å². The Balaban J connectivity index is 1.75. The van der Waals surface area contributed by atoms with E-state index in [9.17, 15) is 0 Å². The van der Waals surface area contributed by atoms with Crippen LogP contribution in [-0.4, -0.2) is 9.97 Å². The molecule has 18 heavy (non-hydrogen) atoms. The number of nitrogens with two attached hydrogens (primary N) is 1. The summed E-state index contributed by atoms with van der Waals surface area (Å²) in [7, 11) is 0. The van der Waals surface area contributed by atoms with Gasteiger partial charge in [-0.3, -0.25) is 4.98 Å². The average Bonchev–Trinajstić information content (AvgIpc) is 3.02. The maximum atomic E-state index is 5.86. The lowest BCUT2D eigenvalue weighted by atomic mass is 10.0. The number of pyridine rings is 1. The zero-order chi connectivity index (χ0) is 12.4. The zero-order valence-corrected chi connectivity index (χ0v) is 10.3. The Morgan fingerprint density at radius 2 is 2.17 bits per heavy atom. The Kier molecular flexibility index (Phi) is 2.92. The minimum Gasteiger partial charge on any atom is -0.396 e. The molecular weight excluding hydrogens is 224 g/mol. The molecule has 0 atom stereocenters. The fourth-order valence-corrected chi connectivity index (χ4v) is 2.63. The van der Waals surface area contributed by atoms with Crippen molar-refractivity contribution in [2.24, 2.45) is 0 Å². The first-order valence-electron chi connectivity index (χ1n) is 6.48. The molecule has 94 valence electrons. The molecule has 3 rings (SSSR count). The summed E-state index contributed by atoms with van der Waals surface area (Å²) in [5, 5.41) is 3.32. The Labute approximate surface area is 107 Å². The van der Waals surface area contributed by atoms with Gasteiger partial charge in [-0.05, 0) is 30.9 Å². The molecule has 1 saturated carbocycles. The lowest BCUT2D eigenvalue weighted by molar-refractivity contribution is 0.703. The van der Waals surface area contributed by atoms with E-state index < -0.39 is 0 Å². The van der Waals surface area contributed by atoms with Crippen LogP contribution in [0.3, 0.4) is 0 Å². The number of nitrogen functional groups attached to an aromatic ring is 1. The minimum absolute atomic E-state index is 0.668. The molecule has 2 heterocycles. The molecule has 0 amide bonds. The third-order valence-electron chi connectivity index (χ3n) is 3.63. The quantitative estimate of drug-likeness (QED) is 0.772. The van der Waals surface area contributed by atoms with Crippen molar-refractivity contribution in [3.8, 4) is 0 Å². The van der Waals surface area contributed by atoms with Gasteiger partial charge < -0.3 is 16.0 Å². The van der Waals surface area contributed by atoms with Crippen molar-refractivity contribution in [1.82, 2.24) is 9.97 Å². The minimum atomic E-state index is 0.668. The van der Waals surface area contributed by atoms with Gasteiger partial charge >= 0.3 is 0 Å². The molecule has 0 saturated heterocycles. The highest BCUT2D eigenvalue weighted by molar-refractivity contribution is 5.71. The highest BCUT2D eigenvalue weighted by Crippen LogP contribution is 2.34. The molecule has 1 aliphatic rings. The number of anilines is 3. The van der Waals surface area contributed by atoms with Crippen molar-refractivity contribution in [1.29, 1.82) is 0 Å². The van der Waals surface area contributed by atoms with Gasteiger partial charge in [0.15, 0.2) is 0 Å². The monoisotopic (exact) mass is 242 g/mol. The lowest BCUT2D eigenvalue weighted by Crippen LogP contribution is -1.95. The van der Waals surface area contributed by atoms with Crippen LogP contribution in [0.15, 0.2) is 30.7 Å². The van der Waals surface area contributed by atoms with Gasteiger partial charge in [0.1, 0.15) is 0 Å². The topological polar surface area (TPSA) is 66.7 Å². The third-order valence-corrected chi connectivity index (χ3v) is 3.63. The van der Waals surface area contributed by atoms with E-state index in [2.05, 4.69) is 21.4 Å². The summed E-state index contributed by atoms with van der Waals surface area (Å²) in [4.78, 5) is 7.35. The summed E-state index contributed by atoms with van der Waals surface area (Å²) in [5.41, 5.74) is 9.83. The predicted octanol–water partition coefficient (Wildman–Crippen LogP) is 3.39. The number of aromatic nitrogens is 2. The summed E-state index contributed by atoms with van der Waals surface area (Å²) in [5.74, 6) is 0.704. The molecule has 0 unspecified atom stereocenters. The fraction of sp³-hybridized carbons (Fsp3) is 0.357. The first-order valence-corrected chi connectivity index (χ1v) is 6.48. The molecule has 4 N–H and O–H groups in total. The van der Waals surface area contributed by atoms with Gasteiger partial charge in [-0.2, -0.15) is 0 Å². The Bertz CT molecular complexity index is 526. The summed E-state index contributed by atoms with van der Waals surface area (Å²) in [6.45, 7) is 0. The van der Waals surface area contributed by atoms with Crippen LogP contribution in [0.25, 0.3) is 0 Å². The maximum absolute atomic E-state index is 5.86. The Morgan fingerprint density at radius 3 is 2.94 bits per heavy atom. The average molecular weight is 242 g/mol. The smallest absolute Gasteiger partial charge is 0.0739 e. The Morgan fingerprint density at radius 1 is 1.33 bits per heavy atom. The van der Waals surface area contributed by atoms with E-state index >= 15 is 0 Å². The van der Waals surface area contributed by atoms with Crippen molar-refractivity contribution in [3.05, 3.63) is 36.4 Å². The summed E-state index contributed by atoms with van der Waals surface area (Å²) in [6, 6.07) is 4.08. The number of rotatable bonds is 3. The van der Waals surface area contributed by atoms with E-state index in [1.165, 1.54) is 31.4 Å². The van der Waals surface area contributed by atoms with E-state index in [-0.39, 0.29) is 0 Å². The number of aromatic amines is 1. The first kappa shape index (κ1) is 11.1. The van der Waals surface area contributed by atoms with Gasteiger partial charge in [-0.25, -0.2) is 0 Å². The summed E-state index contributed by atoms with van der Waals surface area (Å²) in [6.07, 6.45) is 10.7. The second-order valence-corrected chi connectivity index (χ2v) is 4.91. The van der Waals surface area contributed by atoms with Crippen LogP contribution in [0.1, 0.15) is 37.3 Å². The number of nitrogens with one attached hydrogen (secondary N) is 2. The first-order chi connectivity index (χ1) is 8.83. The van der Waals surface area contributed by atoms with E-state index in [0.717, 1.165) is 11.4 Å². The molecule has 0 aliphatic heterocycles. The van der Waals surface area contributed by atoms with Gasteiger partial charge in [0, 0.05) is 18.1 Å². The molecule has 4 heteroatoms. The van der Waals surface area contributed by atoms with Crippen molar-refractivity contribution in [2.75, 3.05) is 11.1 Å². The number of H-pyrrole nitrogens is 1. The highest BCUT2D eigenvalue weighted by atomic mass is 14.9. The van der Waals surface area contributed by atoms with Gasteiger partial charge in [0.25, 0.3) is 0 Å². The molecule has 4 nitrogen and oxygen atoms in total. The standard InChI is InChI=1S/C14H18N4/c15-12-9-16-6-5-13(12)18-11-7-14(17-8-11)10-3-1-2-4-10/h5-10,17H,1-4,15H2,(H,16,18). The number of nitrogens with zero attached hydrogens (tertiary/aromatic N) is 1. The number of hydrogen-bond acceptors (Lipinski definition) is 3. The second kappa shape index (κ2) is 4.72. The molecule has 1 fully saturated rings. The van der Waals surface area contributed by atoms with E-state index in [1.807, 2.05) is 12.3 Å². The van der Waals surface area contributed by atoms with Crippen molar-refractivity contribution >= 4 is 17.1 Å². The van der Waals surface area contributed by atoms with E-state index in [1.54, 1.807) is 12.4 Å². The molecular formula is C14H18N4. The molecule has 0 bridgehead atoms. The van der Waals surface area contributed by atoms with Crippen LogP contribution in [-0.2, 0) is 0 Å². The normalized spacial score (nSPS) is 16.0. The summed E-state index contributed by atoms with van der Waals surface area (Å²) >= 11 is 0. The largest absolute Gasteiger partial charge is 0.396 e. The molecule has 0 aromatic carbocycles. The van der Waals surface area contributed by atoms with Crippen LogP contribution in [0.4, 0.5) is 17.1 Å². The Hall–Kier alpha value is -1.97. The maximum Gasteiger partial charge on any atom is 0.0739 e. The molecule has 1 aliphatic carbocycles. The summed E-state index contributed by atoms with van der Waals surface area (Å²) < 4.78 is 0. The van der Waals surface area contributed by atoms with Crippen LogP contribution in [0.2, 0.25) is 0 Å². The fourth-order valence-electron chi connectivity index (χ4n) is 2.63.